The molecule has 3 rings (SSSR count). The number of ether oxygens (including phenoxy) is 1. The third-order valence-corrected chi connectivity index (χ3v) is 6.01. The van der Waals surface area contributed by atoms with E-state index in [1.54, 1.807) is 24.6 Å². The molecular formula is C21H28FN5O3S. The monoisotopic (exact) mass is 449 g/mol. The fourth-order valence-corrected chi connectivity index (χ4v) is 4.07. The second-order valence-electron chi connectivity index (χ2n) is 7.18. The third kappa shape index (κ3) is 6.22. The maximum atomic E-state index is 13.9. The van der Waals surface area contributed by atoms with Gasteiger partial charge in [-0.25, -0.2) is 14.2 Å². The van der Waals surface area contributed by atoms with Crippen LogP contribution in [-0.4, -0.2) is 84.6 Å². The molecule has 0 aliphatic carbocycles. The van der Waals surface area contributed by atoms with Gasteiger partial charge in [-0.15, -0.1) is 11.3 Å². The van der Waals surface area contributed by atoms with Crippen LogP contribution < -0.4 is 5.32 Å². The lowest BCUT2D eigenvalue weighted by atomic mass is 10.3. The lowest BCUT2D eigenvalue weighted by Crippen LogP contribution is -2.48. The molecule has 168 valence electrons. The summed E-state index contributed by atoms with van der Waals surface area (Å²) in [6.45, 7) is 7.01. The van der Waals surface area contributed by atoms with Crippen molar-refractivity contribution in [2.75, 3.05) is 58.3 Å². The molecule has 0 saturated carbocycles. The van der Waals surface area contributed by atoms with E-state index in [-0.39, 0.29) is 18.1 Å². The van der Waals surface area contributed by atoms with E-state index < -0.39 is 11.8 Å². The van der Waals surface area contributed by atoms with E-state index in [9.17, 15) is 14.0 Å². The van der Waals surface area contributed by atoms with Gasteiger partial charge >= 0.3 is 6.03 Å². The number of halogens is 1. The summed E-state index contributed by atoms with van der Waals surface area (Å²) >= 11 is 1.33. The van der Waals surface area contributed by atoms with Gasteiger partial charge in [0.25, 0.3) is 5.91 Å². The molecule has 1 saturated heterocycles. The number of nitrogens with zero attached hydrogens (tertiary/aromatic N) is 4. The summed E-state index contributed by atoms with van der Waals surface area (Å²) in [5.41, 5.74) is 0.502. The number of hydrogen-bond acceptors (Lipinski definition) is 6. The first-order valence-electron chi connectivity index (χ1n) is 10.3. The van der Waals surface area contributed by atoms with E-state index in [0.29, 0.717) is 36.9 Å². The van der Waals surface area contributed by atoms with Crippen LogP contribution in [0.15, 0.2) is 29.6 Å². The summed E-state index contributed by atoms with van der Waals surface area (Å²) in [4.78, 5) is 35.6. The molecule has 0 atom stereocenters. The minimum Gasteiger partial charge on any atom is -0.383 e. The number of para-hydroxylation sites is 1. The Morgan fingerprint density at radius 2 is 2.00 bits per heavy atom. The van der Waals surface area contributed by atoms with Gasteiger partial charge in [-0.05, 0) is 18.7 Å². The molecule has 0 unspecified atom stereocenters. The highest BCUT2D eigenvalue weighted by Crippen LogP contribution is 2.17. The normalized spacial score (nSPS) is 14.5. The molecule has 8 nitrogen and oxygen atoms in total. The number of thiazole rings is 1. The maximum absolute atomic E-state index is 13.9. The van der Waals surface area contributed by atoms with Gasteiger partial charge in [0.2, 0.25) is 0 Å². The number of amides is 3. The fraction of sp³-hybridized carbons (Fsp3) is 0.476. The van der Waals surface area contributed by atoms with Crippen molar-refractivity contribution in [3.63, 3.8) is 0 Å². The summed E-state index contributed by atoms with van der Waals surface area (Å²) in [6.07, 6.45) is 0. The van der Waals surface area contributed by atoms with Gasteiger partial charge in [0.15, 0.2) is 0 Å². The second kappa shape index (κ2) is 11.2. The van der Waals surface area contributed by atoms with Crippen molar-refractivity contribution >= 4 is 29.0 Å². The van der Waals surface area contributed by atoms with Gasteiger partial charge in [0, 0.05) is 45.2 Å². The van der Waals surface area contributed by atoms with Crippen molar-refractivity contribution in [1.29, 1.82) is 0 Å². The van der Waals surface area contributed by atoms with Gasteiger partial charge in [-0.1, -0.05) is 19.1 Å². The Kier molecular flexibility index (Phi) is 8.33. The Balaban J connectivity index is 1.64. The minimum atomic E-state index is -0.507. The summed E-state index contributed by atoms with van der Waals surface area (Å²) < 4.78 is 19.0. The number of benzene rings is 1. The van der Waals surface area contributed by atoms with Crippen molar-refractivity contribution in [2.45, 2.75) is 13.5 Å². The topological polar surface area (TPSA) is 78.0 Å². The van der Waals surface area contributed by atoms with Crippen molar-refractivity contribution < 1.29 is 18.7 Å². The number of piperazine rings is 1. The van der Waals surface area contributed by atoms with E-state index in [2.05, 4.69) is 22.1 Å². The van der Waals surface area contributed by atoms with Gasteiger partial charge in [0.05, 0.1) is 18.8 Å². The number of likely N-dealkylation sites (N-methyl/N-ethyl adjacent to an activating group) is 1. The van der Waals surface area contributed by atoms with Crippen LogP contribution in [0.25, 0.3) is 0 Å². The van der Waals surface area contributed by atoms with E-state index in [0.717, 1.165) is 19.6 Å². The number of rotatable bonds is 8. The molecule has 3 amide bonds. The van der Waals surface area contributed by atoms with E-state index in [1.807, 2.05) is 4.90 Å². The lowest BCUT2D eigenvalue weighted by Gasteiger charge is -2.33. The van der Waals surface area contributed by atoms with E-state index in [4.69, 9.17) is 4.74 Å². The number of hydrogen-bond donors (Lipinski definition) is 1. The molecule has 1 N–H and O–H groups in total. The Bertz CT molecular complexity index is 885. The molecule has 1 aliphatic heterocycles. The Hall–Kier alpha value is -2.56. The first kappa shape index (κ1) is 23.1. The number of carbonyl (C=O) groups excluding carboxylic acids is 2. The lowest BCUT2D eigenvalue weighted by molar-refractivity contribution is 0.0638. The molecule has 0 radical (unpaired) electrons. The van der Waals surface area contributed by atoms with Crippen LogP contribution in [0.4, 0.5) is 14.9 Å². The van der Waals surface area contributed by atoms with Crippen molar-refractivity contribution in [3.8, 4) is 0 Å². The molecule has 31 heavy (non-hydrogen) atoms. The fourth-order valence-electron chi connectivity index (χ4n) is 3.28. The first-order valence-corrected chi connectivity index (χ1v) is 11.1. The molecule has 1 aliphatic rings. The second-order valence-corrected chi connectivity index (χ2v) is 8.12. The number of anilines is 1. The molecule has 0 bridgehead atoms. The summed E-state index contributed by atoms with van der Waals surface area (Å²) in [5.74, 6) is -0.592. The summed E-state index contributed by atoms with van der Waals surface area (Å²) in [5, 5.41) is 4.95. The van der Waals surface area contributed by atoms with Crippen LogP contribution in [0, 0.1) is 5.82 Å². The molecule has 0 spiro atoms. The van der Waals surface area contributed by atoms with Crippen molar-refractivity contribution in [2.24, 2.45) is 0 Å². The van der Waals surface area contributed by atoms with E-state index >= 15 is 0 Å². The van der Waals surface area contributed by atoms with Crippen molar-refractivity contribution in [3.05, 3.63) is 46.2 Å². The third-order valence-electron chi connectivity index (χ3n) is 5.17. The Morgan fingerprint density at radius 1 is 1.26 bits per heavy atom. The highest BCUT2D eigenvalue weighted by atomic mass is 32.1. The smallest absolute Gasteiger partial charge is 0.322 e. The van der Waals surface area contributed by atoms with Gasteiger partial charge in [0.1, 0.15) is 16.5 Å². The van der Waals surface area contributed by atoms with Crippen molar-refractivity contribution in [1.82, 2.24) is 19.7 Å². The number of methoxy groups -OCH3 is 1. The summed E-state index contributed by atoms with van der Waals surface area (Å²) in [6, 6.07) is 5.54. The van der Waals surface area contributed by atoms with Crippen LogP contribution >= 0.6 is 11.3 Å². The zero-order valence-corrected chi connectivity index (χ0v) is 18.7. The number of nitrogens with one attached hydrogen (secondary N) is 1. The largest absolute Gasteiger partial charge is 0.383 e. The zero-order chi connectivity index (χ0) is 22.2. The van der Waals surface area contributed by atoms with Gasteiger partial charge in [-0.3, -0.25) is 4.79 Å². The minimum absolute atomic E-state index is 0.0856. The molecule has 2 aromatic rings. The quantitative estimate of drug-likeness (QED) is 0.671. The van der Waals surface area contributed by atoms with Crippen LogP contribution in [0.1, 0.15) is 22.4 Å². The highest BCUT2D eigenvalue weighted by molar-refractivity contribution is 7.09. The van der Waals surface area contributed by atoms with Crippen LogP contribution in [0.2, 0.25) is 0 Å². The molecule has 1 aromatic heterocycles. The Labute approximate surface area is 185 Å². The predicted molar refractivity (Wildman–Crippen MR) is 118 cm³/mol. The van der Waals surface area contributed by atoms with Crippen LogP contribution in [0.3, 0.4) is 0 Å². The predicted octanol–water partition coefficient (Wildman–Crippen LogP) is 2.74. The van der Waals surface area contributed by atoms with Gasteiger partial charge in [-0.2, -0.15) is 0 Å². The zero-order valence-electron chi connectivity index (χ0n) is 17.8. The summed E-state index contributed by atoms with van der Waals surface area (Å²) in [7, 11) is 1.55. The highest BCUT2D eigenvalue weighted by Gasteiger charge is 2.24. The molecule has 2 heterocycles. The average molecular weight is 450 g/mol. The van der Waals surface area contributed by atoms with Crippen LogP contribution in [0.5, 0.6) is 0 Å². The number of aromatic nitrogens is 1. The Morgan fingerprint density at radius 3 is 2.68 bits per heavy atom. The SMILES string of the molecule is CCN1CCN(C(=O)c2csc(CN(CCOC)C(=O)Nc3ccccc3F)n2)CC1. The van der Waals surface area contributed by atoms with Crippen LogP contribution in [-0.2, 0) is 11.3 Å². The van der Waals surface area contributed by atoms with Gasteiger partial charge < -0.3 is 24.8 Å². The van der Waals surface area contributed by atoms with E-state index in [1.165, 1.54) is 28.4 Å². The first-order chi connectivity index (χ1) is 15.0. The maximum Gasteiger partial charge on any atom is 0.322 e. The molecule has 10 heteroatoms. The molecular weight excluding hydrogens is 421 g/mol. The molecule has 1 aromatic carbocycles. The number of carbonyl (C=O) groups is 2. The number of urea groups is 1. The molecule has 1 fully saturated rings. The average Bonchev–Trinajstić information content (AvgIpc) is 3.26. The standard InChI is InChI=1S/C21H28FN5O3S/c1-3-25-8-10-26(11-9-25)20(28)18-15-31-19(23-18)14-27(12-13-30-2)21(29)24-17-7-5-4-6-16(17)22/h4-7,15H,3,8-14H2,1-2H3,(H,24,29).